The van der Waals surface area contributed by atoms with Crippen LogP contribution in [0.25, 0.3) is 0 Å². The number of benzene rings is 1. The van der Waals surface area contributed by atoms with Gasteiger partial charge in [-0.1, -0.05) is 11.3 Å². The maximum atomic E-state index is 13.6. The summed E-state index contributed by atoms with van der Waals surface area (Å²) in [4.78, 5) is 24.5. The SMILES string of the molecule is O=C1C(=O)N(Cc2nnc(Cl)s2)c2cc(F)cc(F)c21. The fourth-order valence-electron chi connectivity index (χ4n) is 1.93. The first-order chi connectivity index (χ1) is 9.47. The molecule has 1 aliphatic heterocycles. The predicted molar refractivity (Wildman–Crippen MR) is 66.8 cm³/mol. The third-order valence-corrected chi connectivity index (χ3v) is 3.73. The highest BCUT2D eigenvalue weighted by atomic mass is 35.5. The number of amides is 1. The number of ketones is 1. The van der Waals surface area contributed by atoms with E-state index in [9.17, 15) is 18.4 Å². The van der Waals surface area contributed by atoms with E-state index in [4.69, 9.17) is 11.6 Å². The van der Waals surface area contributed by atoms with Gasteiger partial charge >= 0.3 is 0 Å². The molecule has 0 fully saturated rings. The number of rotatable bonds is 2. The molecule has 0 bridgehead atoms. The summed E-state index contributed by atoms with van der Waals surface area (Å²) in [5, 5.41) is 7.61. The Labute approximate surface area is 119 Å². The van der Waals surface area contributed by atoms with E-state index in [1.807, 2.05) is 0 Å². The third-order valence-electron chi connectivity index (χ3n) is 2.73. The summed E-state index contributed by atoms with van der Waals surface area (Å²) < 4.78 is 27.0. The summed E-state index contributed by atoms with van der Waals surface area (Å²) in [5.74, 6) is -3.87. The van der Waals surface area contributed by atoms with Gasteiger partial charge < -0.3 is 0 Å². The number of hydrogen-bond donors (Lipinski definition) is 0. The minimum absolute atomic E-state index is 0.108. The highest BCUT2D eigenvalue weighted by Gasteiger charge is 2.39. The van der Waals surface area contributed by atoms with Crippen LogP contribution in [0.5, 0.6) is 0 Å². The van der Waals surface area contributed by atoms with E-state index < -0.39 is 28.9 Å². The van der Waals surface area contributed by atoms with Crippen LogP contribution in [0.15, 0.2) is 12.1 Å². The quantitative estimate of drug-likeness (QED) is 0.797. The molecule has 1 amide bonds. The first-order valence-electron chi connectivity index (χ1n) is 5.30. The topological polar surface area (TPSA) is 63.2 Å². The summed E-state index contributed by atoms with van der Waals surface area (Å²) in [6.07, 6.45) is 0. The van der Waals surface area contributed by atoms with Crippen LogP contribution in [0.2, 0.25) is 4.47 Å². The Morgan fingerprint density at radius 1 is 1.25 bits per heavy atom. The lowest BCUT2D eigenvalue weighted by molar-refractivity contribution is -0.114. The van der Waals surface area contributed by atoms with Crippen LogP contribution >= 0.6 is 22.9 Å². The number of halogens is 3. The van der Waals surface area contributed by atoms with E-state index in [0.717, 1.165) is 22.3 Å². The van der Waals surface area contributed by atoms with Crippen LogP contribution in [0.1, 0.15) is 15.4 Å². The first kappa shape index (κ1) is 13.1. The van der Waals surface area contributed by atoms with Gasteiger partial charge in [0.1, 0.15) is 16.6 Å². The predicted octanol–water partition coefficient (Wildman–Crippen LogP) is 2.20. The molecule has 0 saturated heterocycles. The van der Waals surface area contributed by atoms with Crippen molar-refractivity contribution >= 4 is 40.3 Å². The lowest BCUT2D eigenvalue weighted by Gasteiger charge is -2.14. The van der Waals surface area contributed by atoms with Gasteiger partial charge in [0.25, 0.3) is 11.7 Å². The van der Waals surface area contributed by atoms with Gasteiger partial charge in [-0.15, -0.1) is 10.2 Å². The van der Waals surface area contributed by atoms with Crippen molar-refractivity contribution in [3.05, 3.63) is 38.8 Å². The van der Waals surface area contributed by atoms with Crippen molar-refractivity contribution in [2.24, 2.45) is 0 Å². The minimum atomic E-state index is -1.06. The average molecular weight is 316 g/mol. The first-order valence-corrected chi connectivity index (χ1v) is 6.50. The lowest BCUT2D eigenvalue weighted by atomic mass is 10.1. The molecule has 102 valence electrons. The van der Waals surface area contributed by atoms with Crippen LogP contribution in [-0.4, -0.2) is 21.9 Å². The number of Topliss-reactive ketones (excluding diaryl/α,β-unsaturated/α-hetero) is 1. The second-order valence-electron chi connectivity index (χ2n) is 3.95. The van der Waals surface area contributed by atoms with E-state index in [-0.39, 0.29) is 16.7 Å². The molecule has 9 heteroatoms. The van der Waals surface area contributed by atoms with Crippen LogP contribution in [0.4, 0.5) is 14.5 Å². The van der Waals surface area contributed by atoms with Crippen LogP contribution < -0.4 is 4.90 Å². The van der Waals surface area contributed by atoms with E-state index >= 15 is 0 Å². The maximum Gasteiger partial charge on any atom is 0.299 e. The standard InChI is InChI=1S/C11H4ClF2N3O2S/c12-11-16-15-7(20-11)3-17-6-2-4(13)1-5(14)8(6)9(18)10(17)19/h1-2H,3H2. The summed E-state index contributed by atoms with van der Waals surface area (Å²) in [6, 6.07) is 1.50. The fourth-order valence-corrected chi connectivity index (χ4v) is 2.78. The average Bonchev–Trinajstić information content (AvgIpc) is 2.87. The molecule has 0 spiro atoms. The molecular formula is C11H4ClF2N3O2S. The number of nitrogens with zero attached hydrogens (tertiary/aromatic N) is 3. The van der Waals surface area contributed by atoms with Gasteiger partial charge in [-0.05, 0) is 17.7 Å². The molecular weight excluding hydrogens is 312 g/mol. The monoisotopic (exact) mass is 315 g/mol. The van der Waals surface area contributed by atoms with Crippen LogP contribution in [-0.2, 0) is 11.3 Å². The van der Waals surface area contributed by atoms with Gasteiger partial charge in [0.05, 0.1) is 17.8 Å². The lowest BCUT2D eigenvalue weighted by Crippen LogP contribution is -2.29. The minimum Gasteiger partial charge on any atom is -0.298 e. The molecule has 20 heavy (non-hydrogen) atoms. The van der Waals surface area contributed by atoms with Gasteiger partial charge in [0, 0.05) is 6.07 Å². The fraction of sp³-hybridized carbons (Fsp3) is 0.0909. The van der Waals surface area contributed by atoms with E-state index in [1.54, 1.807) is 0 Å². The Hall–Kier alpha value is -1.93. The van der Waals surface area contributed by atoms with Gasteiger partial charge in [0.15, 0.2) is 0 Å². The van der Waals surface area contributed by atoms with E-state index in [2.05, 4.69) is 10.2 Å². The van der Waals surface area contributed by atoms with Crippen LogP contribution in [0, 0.1) is 11.6 Å². The van der Waals surface area contributed by atoms with E-state index in [1.165, 1.54) is 0 Å². The molecule has 1 aromatic carbocycles. The molecule has 5 nitrogen and oxygen atoms in total. The maximum absolute atomic E-state index is 13.6. The molecule has 0 N–H and O–H groups in total. The molecule has 1 aliphatic rings. The van der Waals surface area contributed by atoms with Crippen molar-refractivity contribution in [1.29, 1.82) is 0 Å². The second-order valence-corrected chi connectivity index (χ2v) is 5.60. The normalized spacial score (nSPS) is 14.1. The van der Waals surface area contributed by atoms with Crippen LogP contribution in [0.3, 0.4) is 0 Å². The number of fused-ring (bicyclic) bond motifs is 1. The summed E-state index contributed by atoms with van der Waals surface area (Å²) in [5.41, 5.74) is -0.532. The zero-order chi connectivity index (χ0) is 14.4. The largest absolute Gasteiger partial charge is 0.299 e. The van der Waals surface area contributed by atoms with Crippen molar-refractivity contribution in [2.75, 3.05) is 4.90 Å². The zero-order valence-electron chi connectivity index (χ0n) is 9.56. The van der Waals surface area contributed by atoms with Gasteiger partial charge in [-0.3, -0.25) is 14.5 Å². The molecule has 0 unspecified atom stereocenters. The third kappa shape index (κ3) is 1.97. The number of carbonyl (C=O) groups excluding carboxylic acids is 2. The van der Waals surface area contributed by atoms with Crippen molar-refractivity contribution < 1.29 is 18.4 Å². The summed E-state index contributed by atoms with van der Waals surface area (Å²) in [6.45, 7) is -0.120. The summed E-state index contributed by atoms with van der Waals surface area (Å²) in [7, 11) is 0. The molecule has 1 aromatic heterocycles. The van der Waals surface area contributed by atoms with Crippen molar-refractivity contribution in [1.82, 2.24) is 10.2 Å². The Kier molecular flexibility index (Phi) is 2.98. The Morgan fingerprint density at radius 2 is 2.00 bits per heavy atom. The van der Waals surface area contributed by atoms with Gasteiger partial charge in [-0.25, -0.2) is 8.78 Å². The van der Waals surface area contributed by atoms with Gasteiger partial charge in [0.2, 0.25) is 4.47 Å². The Morgan fingerprint density at radius 3 is 2.65 bits per heavy atom. The summed E-state index contributed by atoms with van der Waals surface area (Å²) >= 11 is 6.63. The highest BCUT2D eigenvalue weighted by Crippen LogP contribution is 2.33. The molecule has 0 saturated carbocycles. The Bertz CT molecular complexity index is 749. The zero-order valence-corrected chi connectivity index (χ0v) is 11.1. The van der Waals surface area contributed by atoms with Gasteiger partial charge in [-0.2, -0.15) is 0 Å². The number of anilines is 1. The second kappa shape index (κ2) is 4.57. The number of aromatic nitrogens is 2. The van der Waals surface area contributed by atoms with E-state index in [0.29, 0.717) is 11.1 Å². The molecule has 3 rings (SSSR count). The Balaban J connectivity index is 2.06. The molecule has 2 heterocycles. The smallest absolute Gasteiger partial charge is 0.298 e. The molecule has 0 atom stereocenters. The van der Waals surface area contributed by atoms with Crippen molar-refractivity contribution in [3.63, 3.8) is 0 Å². The number of hydrogen-bond acceptors (Lipinski definition) is 5. The molecule has 0 radical (unpaired) electrons. The molecule has 2 aromatic rings. The van der Waals surface area contributed by atoms with Crippen molar-refractivity contribution in [3.8, 4) is 0 Å². The van der Waals surface area contributed by atoms with Crippen molar-refractivity contribution in [2.45, 2.75) is 6.54 Å². The highest BCUT2D eigenvalue weighted by molar-refractivity contribution is 7.15. The molecule has 0 aliphatic carbocycles. The number of carbonyl (C=O) groups is 2.